The number of thiazole rings is 1. The monoisotopic (exact) mass is 329 g/mol. The van der Waals surface area contributed by atoms with E-state index >= 15 is 0 Å². The Balaban J connectivity index is 1.58. The van der Waals surface area contributed by atoms with Crippen LogP contribution in [0.3, 0.4) is 0 Å². The lowest BCUT2D eigenvalue weighted by atomic mass is 9.90. The number of nitrogens with one attached hydrogen (secondary N) is 1. The SMILES string of the molecule is CNc1nc(C)c(C(=O)N2CCC(Cc3ccccc3)CC2)s1. The largest absolute Gasteiger partial charge is 0.365 e. The number of hydrogen-bond donors (Lipinski definition) is 1. The van der Waals surface area contributed by atoms with E-state index in [9.17, 15) is 4.79 Å². The van der Waals surface area contributed by atoms with Gasteiger partial charge >= 0.3 is 0 Å². The second-order valence-electron chi connectivity index (χ2n) is 6.11. The molecule has 1 amide bonds. The maximum atomic E-state index is 12.7. The fraction of sp³-hybridized carbons (Fsp3) is 0.444. The summed E-state index contributed by atoms with van der Waals surface area (Å²) in [4.78, 5) is 19.8. The van der Waals surface area contributed by atoms with Crippen LogP contribution in [0.2, 0.25) is 0 Å². The van der Waals surface area contributed by atoms with Crippen LogP contribution >= 0.6 is 11.3 Å². The lowest BCUT2D eigenvalue weighted by Crippen LogP contribution is -2.38. The van der Waals surface area contributed by atoms with Crippen molar-refractivity contribution in [3.63, 3.8) is 0 Å². The molecule has 1 aromatic heterocycles. The Hall–Kier alpha value is -1.88. The van der Waals surface area contributed by atoms with Crippen molar-refractivity contribution in [1.29, 1.82) is 0 Å². The number of carbonyl (C=O) groups is 1. The Bertz CT molecular complexity index is 660. The number of amides is 1. The van der Waals surface area contributed by atoms with Gasteiger partial charge in [-0.05, 0) is 37.7 Å². The van der Waals surface area contributed by atoms with E-state index in [1.807, 2.05) is 18.9 Å². The molecule has 0 bridgehead atoms. The molecule has 2 heterocycles. The molecule has 0 unspecified atom stereocenters. The zero-order valence-electron chi connectivity index (χ0n) is 13.7. The minimum absolute atomic E-state index is 0.139. The second kappa shape index (κ2) is 7.13. The normalized spacial score (nSPS) is 15.7. The highest BCUT2D eigenvalue weighted by Crippen LogP contribution is 2.27. The van der Waals surface area contributed by atoms with Crippen molar-refractivity contribution in [2.24, 2.45) is 5.92 Å². The van der Waals surface area contributed by atoms with Gasteiger partial charge in [0.25, 0.3) is 5.91 Å². The topological polar surface area (TPSA) is 45.2 Å². The Kier molecular flexibility index (Phi) is 4.96. The van der Waals surface area contributed by atoms with Crippen LogP contribution in [0.25, 0.3) is 0 Å². The standard InChI is InChI=1S/C18H23N3OS/c1-13-16(23-18(19-2)20-13)17(22)21-10-8-15(9-11-21)12-14-6-4-3-5-7-14/h3-7,15H,8-12H2,1-2H3,(H,19,20). The zero-order chi connectivity index (χ0) is 16.2. The molecule has 122 valence electrons. The van der Waals surface area contributed by atoms with Gasteiger partial charge in [-0.15, -0.1) is 0 Å². The van der Waals surface area contributed by atoms with Crippen molar-refractivity contribution in [3.8, 4) is 0 Å². The van der Waals surface area contributed by atoms with Crippen molar-refractivity contribution in [3.05, 3.63) is 46.5 Å². The van der Waals surface area contributed by atoms with Crippen molar-refractivity contribution < 1.29 is 4.79 Å². The van der Waals surface area contributed by atoms with Gasteiger partial charge < -0.3 is 10.2 Å². The molecule has 4 nitrogen and oxygen atoms in total. The van der Waals surface area contributed by atoms with Crippen LogP contribution in [0.5, 0.6) is 0 Å². The van der Waals surface area contributed by atoms with Crippen molar-refractivity contribution in [2.75, 3.05) is 25.5 Å². The average Bonchev–Trinajstić information content (AvgIpc) is 2.97. The first-order chi connectivity index (χ1) is 11.2. The number of aryl methyl sites for hydroxylation is 1. The highest BCUT2D eigenvalue weighted by atomic mass is 32.1. The van der Waals surface area contributed by atoms with Crippen molar-refractivity contribution in [2.45, 2.75) is 26.2 Å². The van der Waals surface area contributed by atoms with Gasteiger partial charge in [0.15, 0.2) is 5.13 Å². The van der Waals surface area contributed by atoms with E-state index in [0.29, 0.717) is 5.92 Å². The van der Waals surface area contributed by atoms with Gasteiger partial charge in [0.2, 0.25) is 0 Å². The molecule has 0 radical (unpaired) electrons. The molecule has 5 heteroatoms. The molecule has 1 aromatic carbocycles. The number of anilines is 1. The summed E-state index contributed by atoms with van der Waals surface area (Å²) < 4.78 is 0. The first-order valence-corrected chi connectivity index (χ1v) is 8.97. The third-order valence-corrected chi connectivity index (χ3v) is 5.64. The number of benzene rings is 1. The van der Waals surface area contributed by atoms with E-state index in [1.165, 1.54) is 16.9 Å². The van der Waals surface area contributed by atoms with Crippen LogP contribution in [-0.2, 0) is 6.42 Å². The zero-order valence-corrected chi connectivity index (χ0v) is 14.5. The third kappa shape index (κ3) is 3.72. The summed E-state index contributed by atoms with van der Waals surface area (Å²) in [5.41, 5.74) is 2.23. The van der Waals surface area contributed by atoms with Gasteiger partial charge in [0.1, 0.15) is 4.88 Å². The summed E-state index contributed by atoms with van der Waals surface area (Å²) in [7, 11) is 1.83. The van der Waals surface area contributed by atoms with Crippen molar-refractivity contribution in [1.82, 2.24) is 9.88 Å². The summed E-state index contributed by atoms with van der Waals surface area (Å²) in [6, 6.07) is 10.6. The lowest BCUT2D eigenvalue weighted by molar-refractivity contribution is 0.0694. The van der Waals surface area contributed by atoms with E-state index in [4.69, 9.17) is 0 Å². The van der Waals surface area contributed by atoms with Gasteiger partial charge in [-0.25, -0.2) is 4.98 Å². The maximum Gasteiger partial charge on any atom is 0.265 e. The molecule has 1 aliphatic heterocycles. The molecule has 23 heavy (non-hydrogen) atoms. The molecular formula is C18H23N3OS. The van der Waals surface area contributed by atoms with Gasteiger partial charge in [-0.2, -0.15) is 0 Å². The van der Waals surface area contributed by atoms with E-state index in [1.54, 1.807) is 0 Å². The molecule has 1 fully saturated rings. The quantitative estimate of drug-likeness (QED) is 0.932. The Labute approximate surface area is 141 Å². The Morgan fingerprint density at radius 3 is 2.61 bits per heavy atom. The van der Waals surface area contributed by atoms with E-state index in [2.05, 4.69) is 40.6 Å². The smallest absolute Gasteiger partial charge is 0.265 e. The minimum atomic E-state index is 0.139. The van der Waals surface area contributed by atoms with Crippen LogP contribution in [0, 0.1) is 12.8 Å². The maximum absolute atomic E-state index is 12.7. The summed E-state index contributed by atoms with van der Waals surface area (Å²) in [6.45, 7) is 3.61. The first-order valence-electron chi connectivity index (χ1n) is 8.15. The van der Waals surface area contributed by atoms with Gasteiger partial charge in [0.05, 0.1) is 5.69 Å². The van der Waals surface area contributed by atoms with Crippen molar-refractivity contribution >= 4 is 22.4 Å². The molecule has 0 aliphatic carbocycles. The fourth-order valence-corrected chi connectivity index (χ4v) is 4.02. The summed E-state index contributed by atoms with van der Waals surface area (Å²) in [5.74, 6) is 0.816. The van der Waals surface area contributed by atoms with Gasteiger partial charge in [-0.1, -0.05) is 41.7 Å². The molecule has 0 atom stereocenters. The Morgan fingerprint density at radius 1 is 1.30 bits per heavy atom. The third-order valence-electron chi connectivity index (χ3n) is 4.47. The number of likely N-dealkylation sites (tertiary alicyclic amines) is 1. The fourth-order valence-electron chi connectivity index (χ4n) is 3.13. The van der Waals surface area contributed by atoms with Crippen LogP contribution in [0.1, 0.15) is 33.8 Å². The van der Waals surface area contributed by atoms with E-state index in [0.717, 1.165) is 48.1 Å². The van der Waals surface area contributed by atoms with Crippen LogP contribution in [-0.4, -0.2) is 35.9 Å². The highest BCUT2D eigenvalue weighted by molar-refractivity contribution is 7.17. The molecular weight excluding hydrogens is 306 g/mol. The Morgan fingerprint density at radius 2 is 2.00 bits per heavy atom. The predicted molar refractivity (Wildman–Crippen MR) is 95.2 cm³/mol. The van der Waals surface area contributed by atoms with Crippen LogP contribution in [0.4, 0.5) is 5.13 Å². The van der Waals surface area contributed by atoms with Crippen LogP contribution < -0.4 is 5.32 Å². The van der Waals surface area contributed by atoms with Crippen LogP contribution in [0.15, 0.2) is 30.3 Å². The molecule has 0 spiro atoms. The molecule has 2 aromatic rings. The first kappa shape index (κ1) is 16.0. The molecule has 1 saturated heterocycles. The summed E-state index contributed by atoms with van der Waals surface area (Å²) in [5, 5.41) is 3.83. The number of piperidine rings is 1. The van der Waals surface area contributed by atoms with Gasteiger partial charge in [0, 0.05) is 20.1 Å². The minimum Gasteiger partial charge on any atom is -0.365 e. The number of rotatable bonds is 4. The molecule has 3 rings (SSSR count). The summed E-state index contributed by atoms with van der Waals surface area (Å²) >= 11 is 1.45. The van der Waals surface area contributed by atoms with E-state index < -0.39 is 0 Å². The summed E-state index contributed by atoms with van der Waals surface area (Å²) in [6.07, 6.45) is 3.28. The van der Waals surface area contributed by atoms with Gasteiger partial charge in [-0.3, -0.25) is 4.79 Å². The number of nitrogens with zero attached hydrogens (tertiary/aromatic N) is 2. The van der Waals surface area contributed by atoms with E-state index in [-0.39, 0.29) is 5.91 Å². The second-order valence-corrected chi connectivity index (χ2v) is 7.11. The predicted octanol–water partition coefficient (Wildman–Crippen LogP) is 3.59. The molecule has 1 aliphatic rings. The lowest BCUT2D eigenvalue weighted by Gasteiger charge is -2.32. The average molecular weight is 329 g/mol. The number of carbonyl (C=O) groups excluding carboxylic acids is 1. The number of hydrogen-bond acceptors (Lipinski definition) is 4. The molecule has 0 saturated carbocycles. The molecule has 1 N–H and O–H groups in total. The number of aromatic nitrogens is 1. The highest BCUT2D eigenvalue weighted by Gasteiger charge is 2.26.